The van der Waals surface area contributed by atoms with Crippen LogP contribution in [-0.2, 0) is 11.3 Å². The maximum absolute atomic E-state index is 12.5. The first-order valence-electron chi connectivity index (χ1n) is 9.54. The monoisotopic (exact) mass is 376 g/mol. The zero-order valence-electron chi connectivity index (χ0n) is 15.7. The lowest BCUT2D eigenvalue weighted by atomic mass is 10.1. The lowest BCUT2D eigenvalue weighted by Gasteiger charge is -2.33. The molecule has 2 heterocycles. The van der Waals surface area contributed by atoms with Crippen molar-refractivity contribution in [1.29, 1.82) is 0 Å². The average molecular weight is 376 g/mol. The largest absolute Gasteiger partial charge is 0.374 e. The van der Waals surface area contributed by atoms with Gasteiger partial charge in [-0.25, -0.2) is 4.68 Å². The van der Waals surface area contributed by atoms with E-state index in [4.69, 9.17) is 4.74 Å². The van der Waals surface area contributed by atoms with Gasteiger partial charge in [0.05, 0.1) is 18.4 Å². The second-order valence-corrected chi connectivity index (χ2v) is 6.92. The summed E-state index contributed by atoms with van der Waals surface area (Å²) in [6, 6.07) is 19.7. The third-order valence-corrected chi connectivity index (χ3v) is 4.86. The van der Waals surface area contributed by atoms with Crippen LogP contribution in [0.4, 0.5) is 0 Å². The van der Waals surface area contributed by atoms with Crippen LogP contribution in [-0.4, -0.2) is 52.9 Å². The molecule has 0 aliphatic carbocycles. The van der Waals surface area contributed by atoms with Gasteiger partial charge in [0.25, 0.3) is 5.91 Å². The number of hydrogen-bond acceptors (Lipinski definition) is 4. The van der Waals surface area contributed by atoms with Crippen molar-refractivity contribution in [2.45, 2.75) is 12.6 Å². The van der Waals surface area contributed by atoms with Crippen molar-refractivity contribution in [2.24, 2.45) is 0 Å². The van der Waals surface area contributed by atoms with E-state index in [0.29, 0.717) is 18.7 Å². The Labute approximate surface area is 164 Å². The van der Waals surface area contributed by atoms with Crippen LogP contribution in [0.3, 0.4) is 0 Å². The fourth-order valence-electron chi connectivity index (χ4n) is 3.38. The van der Waals surface area contributed by atoms with E-state index >= 15 is 0 Å². The first-order chi connectivity index (χ1) is 13.8. The SMILES string of the molecule is O=C(NCC1CN(Cc2ccccc2)CCO1)c1ccc(-n2cccn2)cc1. The molecular weight excluding hydrogens is 352 g/mol. The van der Waals surface area contributed by atoms with Crippen molar-refractivity contribution in [2.75, 3.05) is 26.2 Å². The van der Waals surface area contributed by atoms with Crippen molar-refractivity contribution >= 4 is 5.91 Å². The van der Waals surface area contributed by atoms with E-state index in [9.17, 15) is 4.79 Å². The van der Waals surface area contributed by atoms with Crippen molar-refractivity contribution < 1.29 is 9.53 Å². The van der Waals surface area contributed by atoms with Gasteiger partial charge in [0, 0.05) is 44.1 Å². The first-order valence-corrected chi connectivity index (χ1v) is 9.54. The van der Waals surface area contributed by atoms with E-state index in [-0.39, 0.29) is 12.0 Å². The summed E-state index contributed by atoms with van der Waals surface area (Å²) in [6.07, 6.45) is 3.60. The van der Waals surface area contributed by atoms with Crippen LogP contribution in [0.2, 0.25) is 0 Å². The lowest BCUT2D eigenvalue weighted by Crippen LogP contribution is -2.47. The van der Waals surface area contributed by atoms with Gasteiger partial charge < -0.3 is 10.1 Å². The van der Waals surface area contributed by atoms with E-state index in [1.807, 2.05) is 42.6 Å². The molecule has 1 aliphatic heterocycles. The molecular formula is C22H24N4O2. The zero-order valence-corrected chi connectivity index (χ0v) is 15.7. The molecule has 0 spiro atoms. The first kappa shape index (κ1) is 18.4. The average Bonchev–Trinajstić information content (AvgIpc) is 3.28. The van der Waals surface area contributed by atoms with Crippen molar-refractivity contribution in [3.8, 4) is 5.69 Å². The summed E-state index contributed by atoms with van der Waals surface area (Å²) in [6.45, 7) is 3.82. The number of nitrogens with zero attached hydrogens (tertiary/aromatic N) is 3. The lowest BCUT2D eigenvalue weighted by molar-refractivity contribution is -0.0292. The van der Waals surface area contributed by atoms with E-state index < -0.39 is 0 Å². The number of aromatic nitrogens is 2. The van der Waals surface area contributed by atoms with E-state index in [0.717, 1.165) is 25.3 Å². The van der Waals surface area contributed by atoms with Gasteiger partial charge in [0.1, 0.15) is 0 Å². The number of morpholine rings is 1. The van der Waals surface area contributed by atoms with Gasteiger partial charge in [-0.2, -0.15) is 5.10 Å². The number of benzene rings is 2. The summed E-state index contributed by atoms with van der Waals surface area (Å²) in [7, 11) is 0. The quantitative estimate of drug-likeness (QED) is 0.718. The van der Waals surface area contributed by atoms with Crippen molar-refractivity contribution in [3.05, 3.63) is 84.2 Å². The van der Waals surface area contributed by atoms with Crippen LogP contribution in [0.5, 0.6) is 0 Å². The molecule has 1 atom stereocenters. The van der Waals surface area contributed by atoms with Gasteiger partial charge in [-0.1, -0.05) is 30.3 Å². The van der Waals surface area contributed by atoms with E-state index in [2.05, 4.69) is 39.6 Å². The summed E-state index contributed by atoms with van der Waals surface area (Å²) in [5, 5.41) is 7.18. The molecule has 144 valence electrons. The topological polar surface area (TPSA) is 59.4 Å². The fourth-order valence-corrected chi connectivity index (χ4v) is 3.38. The highest BCUT2D eigenvalue weighted by molar-refractivity contribution is 5.94. The van der Waals surface area contributed by atoms with Gasteiger partial charge in [-0.15, -0.1) is 0 Å². The van der Waals surface area contributed by atoms with Crippen LogP contribution in [0.1, 0.15) is 15.9 Å². The molecule has 1 saturated heterocycles. The Morgan fingerprint density at radius 1 is 1.11 bits per heavy atom. The summed E-state index contributed by atoms with van der Waals surface area (Å²) < 4.78 is 7.60. The van der Waals surface area contributed by atoms with E-state index in [1.165, 1.54) is 5.56 Å². The number of carbonyl (C=O) groups is 1. The summed E-state index contributed by atoms with van der Waals surface area (Å²) >= 11 is 0. The molecule has 3 aromatic rings. The number of hydrogen-bond donors (Lipinski definition) is 1. The molecule has 0 bridgehead atoms. The van der Waals surface area contributed by atoms with Gasteiger partial charge >= 0.3 is 0 Å². The number of ether oxygens (including phenoxy) is 1. The molecule has 1 aromatic heterocycles. The van der Waals surface area contributed by atoms with Crippen LogP contribution in [0.25, 0.3) is 5.69 Å². The number of carbonyl (C=O) groups excluding carboxylic acids is 1. The number of amides is 1. The fraction of sp³-hybridized carbons (Fsp3) is 0.273. The third kappa shape index (κ3) is 4.65. The Morgan fingerprint density at radius 3 is 2.68 bits per heavy atom. The highest BCUT2D eigenvalue weighted by Gasteiger charge is 2.21. The molecule has 0 radical (unpaired) electrons. The highest BCUT2D eigenvalue weighted by atomic mass is 16.5. The summed E-state index contributed by atoms with van der Waals surface area (Å²) in [5.41, 5.74) is 2.85. The highest BCUT2D eigenvalue weighted by Crippen LogP contribution is 2.11. The summed E-state index contributed by atoms with van der Waals surface area (Å²) in [5.74, 6) is -0.0872. The predicted molar refractivity (Wildman–Crippen MR) is 107 cm³/mol. The Balaban J connectivity index is 1.28. The molecule has 1 N–H and O–H groups in total. The smallest absolute Gasteiger partial charge is 0.251 e. The van der Waals surface area contributed by atoms with Crippen LogP contribution < -0.4 is 5.32 Å². The van der Waals surface area contributed by atoms with Gasteiger partial charge in [-0.3, -0.25) is 9.69 Å². The summed E-state index contributed by atoms with van der Waals surface area (Å²) in [4.78, 5) is 14.8. The molecule has 2 aromatic carbocycles. The minimum absolute atomic E-state index is 0.00441. The van der Waals surface area contributed by atoms with Gasteiger partial charge in [-0.05, 0) is 35.9 Å². The second kappa shape index (κ2) is 8.82. The minimum atomic E-state index is -0.0872. The molecule has 6 nitrogen and oxygen atoms in total. The molecule has 1 unspecified atom stereocenters. The number of rotatable bonds is 6. The van der Waals surface area contributed by atoms with Gasteiger partial charge in [0.15, 0.2) is 0 Å². The standard InChI is InChI=1S/C22H24N4O2/c27-22(19-7-9-20(10-8-19)26-12-4-11-24-26)23-15-21-17-25(13-14-28-21)16-18-5-2-1-3-6-18/h1-12,21H,13-17H2,(H,23,27). The second-order valence-electron chi connectivity index (χ2n) is 6.92. The number of nitrogens with one attached hydrogen (secondary N) is 1. The minimum Gasteiger partial charge on any atom is -0.374 e. The molecule has 4 rings (SSSR count). The molecule has 28 heavy (non-hydrogen) atoms. The Morgan fingerprint density at radius 2 is 1.93 bits per heavy atom. The predicted octanol–water partition coefficient (Wildman–Crippen LogP) is 2.50. The zero-order chi connectivity index (χ0) is 19.2. The van der Waals surface area contributed by atoms with Crippen LogP contribution >= 0.6 is 0 Å². The Kier molecular flexibility index (Phi) is 5.80. The maximum Gasteiger partial charge on any atom is 0.251 e. The molecule has 1 aliphatic rings. The Bertz CT molecular complexity index is 879. The van der Waals surface area contributed by atoms with Crippen LogP contribution in [0.15, 0.2) is 73.1 Å². The van der Waals surface area contributed by atoms with Gasteiger partial charge in [0.2, 0.25) is 0 Å². The molecule has 6 heteroatoms. The molecule has 0 saturated carbocycles. The molecule has 1 amide bonds. The Hall–Kier alpha value is -2.96. The van der Waals surface area contributed by atoms with E-state index in [1.54, 1.807) is 10.9 Å². The maximum atomic E-state index is 12.5. The van der Waals surface area contributed by atoms with Crippen molar-refractivity contribution in [1.82, 2.24) is 20.0 Å². The third-order valence-electron chi connectivity index (χ3n) is 4.86. The van der Waals surface area contributed by atoms with Crippen molar-refractivity contribution in [3.63, 3.8) is 0 Å². The van der Waals surface area contributed by atoms with Crippen LogP contribution in [0, 0.1) is 0 Å². The molecule has 1 fully saturated rings. The normalized spacial score (nSPS) is 17.4.